The van der Waals surface area contributed by atoms with Crippen LogP contribution in [0.4, 0.5) is 0 Å². The first-order chi connectivity index (χ1) is 8.60. The van der Waals surface area contributed by atoms with E-state index in [1.807, 2.05) is 23.1 Å². The van der Waals surface area contributed by atoms with Crippen molar-refractivity contribution in [1.82, 2.24) is 4.90 Å². The zero-order chi connectivity index (χ0) is 13.5. The molecule has 1 amide bonds. The van der Waals surface area contributed by atoms with Gasteiger partial charge in [-0.05, 0) is 40.5 Å². The van der Waals surface area contributed by atoms with Crippen molar-refractivity contribution in [3.05, 3.63) is 32.7 Å². The Morgan fingerprint density at radius 3 is 2.61 bits per heavy atom. The maximum atomic E-state index is 12.5. The van der Waals surface area contributed by atoms with Crippen molar-refractivity contribution in [3.63, 3.8) is 0 Å². The first-order valence-corrected chi connectivity index (χ1v) is 8.61. The fourth-order valence-electron chi connectivity index (χ4n) is 1.60. The molecule has 0 radical (unpaired) electrons. The molecule has 0 atom stereocenters. The number of benzene rings is 1. The van der Waals surface area contributed by atoms with Gasteiger partial charge in [0.25, 0.3) is 5.91 Å². The van der Waals surface area contributed by atoms with Gasteiger partial charge in [-0.3, -0.25) is 4.79 Å². The zero-order valence-corrected chi connectivity index (χ0v) is 15.0. The van der Waals surface area contributed by atoms with Crippen molar-refractivity contribution in [2.24, 2.45) is 0 Å². The highest BCUT2D eigenvalue weighted by Gasteiger charge is 2.17. The van der Waals surface area contributed by atoms with Gasteiger partial charge in [-0.25, -0.2) is 0 Å². The van der Waals surface area contributed by atoms with Crippen molar-refractivity contribution in [1.29, 1.82) is 0 Å². The van der Waals surface area contributed by atoms with Gasteiger partial charge in [-0.15, -0.1) is 0 Å². The molecule has 18 heavy (non-hydrogen) atoms. The zero-order valence-electron chi connectivity index (χ0n) is 10.3. The Kier molecular flexibility index (Phi) is 7.49. The van der Waals surface area contributed by atoms with Gasteiger partial charge >= 0.3 is 0 Å². The molecular weight excluding hydrogens is 426 g/mol. The number of carbonyl (C=O) groups is 1. The predicted molar refractivity (Wildman–Crippen MR) is 86.4 cm³/mol. The molecule has 0 unspecified atom stereocenters. The summed E-state index contributed by atoms with van der Waals surface area (Å²) in [5.41, 5.74) is 0.710. The summed E-state index contributed by atoms with van der Waals surface area (Å²) in [6.07, 6.45) is 2.12. The van der Waals surface area contributed by atoms with Crippen LogP contribution in [0.3, 0.4) is 0 Å². The van der Waals surface area contributed by atoms with E-state index < -0.39 is 0 Å². The first kappa shape index (κ1) is 16.2. The predicted octanol–water partition coefficient (Wildman–Crippen LogP) is 4.85. The molecule has 0 bridgehead atoms. The first-order valence-electron chi connectivity index (χ1n) is 5.90. The monoisotopic (exact) mass is 439 g/mol. The van der Waals surface area contributed by atoms with Crippen LogP contribution in [0.5, 0.6) is 0 Å². The second-order valence-electron chi connectivity index (χ2n) is 3.96. The molecule has 1 aromatic rings. The van der Waals surface area contributed by atoms with E-state index >= 15 is 0 Å². The number of alkyl halides is 1. The Hall–Kier alpha value is 0.130. The molecule has 2 nitrogen and oxygen atoms in total. The topological polar surface area (TPSA) is 20.3 Å². The van der Waals surface area contributed by atoms with E-state index in [-0.39, 0.29) is 5.91 Å². The normalized spacial score (nSPS) is 10.4. The van der Waals surface area contributed by atoms with Crippen LogP contribution in [-0.4, -0.2) is 29.2 Å². The minimum Gasteiger partial charge on any atom is -0.338 e. The van der Waals surface area contributed by atoms with E-state index in [2.05, 4.69) is 54.7 Å². The van der Waals surface area contributed by atoms with E-state index in [1.54, 1.807) is 0 Å². The summed E-state index contributed by atoms with van der Waals surface area (Å²) in [6, 6.07) is 5.67. The number of hydrogen-bond donors (Lipinski definition) is 0. The molecule has 1 rings (SSSR count). The van der Waals surface area contributed by atoms with Crippen LogP contribution in [0, 0.1) is 0 Å². The third kappa shape index (κ3) is 4.67. The van der Waals surface area contributed by atoms with E-state index in [9.17, 15) is 4.79 Å². The second-order valence-corrected chi connectivity index (χ2v) is 6.52. The Labute approximate surface area is 134 Å². The number of unbranched alkanes of at least 4 members (excludes halogenated alkanes) is 1. The fourth-order valence-corrected chi connectivity index (χ4v) is 2.80. The van der Waals surface area contributed by atoms with Crippen LogP contribution < -0.4 is 0 Å². The maximum Gasteiger partial charge on any atom is 0.255 e. The summed E-state index contributed by atoms with van der Waals surface area (Å²) < 4.78 is 1.76. The lowest BCUT2D eigenvalue weighted by Crippen LogP contribution is -2.33. The summed E-state index contributed by atoms with van der Waals surface area (Å²) in [4.78, 5) is 14.4. The van der Waals surface area contributed by atoms with Crippen LogP contribution in [0.2, 0.25) is 0 Å². The van der Waals surface area contributed by atoms with Gasteiger partial charge in [0.15, 0.2) is 0 Å². The fraction of sp³-hybridized carbons (Fsp3) is 0.462. The smallest absolute Gasteiger partial charge is 0.255 e. The third-order valence-corrected chi connectivity index (χ3v) is 4.12. The van der Waals surface area contributed by atoms with Gasteiger partial charge in [-0.2, -0.15) is 0 Å². The third-order valence-electron chi connectivity index (χ3n) is 2.58. The molecule has 0 heterocycles. The number of halogens is 3. The lowest BCUT2D eigenvalue weighted by molar-refractivity contribution is 0.0763. The standard InChI is InChI=1S/C13H16Br3NO/c1-2-3-7-17(8-6-14)13(18)11-9-10(15)4-5-12(11)16/h4-5,9H,2-3,6-8H2,1H3. The highest BCUT2D eigenvalue weighted by atomic mass is 79.9. The lowest BCUT2D eigenvalue weighted by atomic mass is 10.2. The van der Waals surface area contributed by atoms with Crippen LogP contribution in [0.25, 0.3) is 0 Å². The maximum absolute atomic E-state index is 12.5. The van der Waals surface area contributed by atoms with Gasteiger partial charge in [0.05, 0.1) is 5.56 Å². The van der Waals surface area contributed by atoms with Crippen LogP contribution in [0.1, 0.15) is 30.1 Å². The average molecular weight is 442 g/mol. The molecule has 100 valence electrons. The molecule has 0 aliphatic carbocycles. The number of amides is 1. The van der Waals surface area contributed by atoms with Gasteiger partial charge < -0.3 is 4.90 Å². The highest BCUT2D eigenvalue weighted by Crippen LogP contribution is 2.23. The van der Waals surface area contributed by atoms with Crippen molar-refractivity contribution < 1.29 is 4.79 Å². The van der Waals surface area contributed by atoms with Crippen molar-refractivity contribution in [2.75, 3.05) is 18.4 Å². The second kappa shape index (κ2) is 8.33. The average Bonchev–Trinajstić information content (AvgIpc) is 2.36. The van der Waals surface area contributed by atoms with Crippen LogP contribution >= 0.6 is 47.8 Å². The minimum atomic E-state index is 0.0797. The number of rotatable bonds is 6. The van der Waals surface area contributed by atoms with Crippen molar-refractivity contribution >= 4 is 53.7 Å². The van der Waals surface area contributed by atoms with Crippen LogP contribution in [0.15, 0.2) is 27.1 Å². The number of hydrogen-bond acceptors (Lipinski definition) is 1. The Morgan fingerprint density at radius 2 is 2.00 bits per heavy atom. The summed E-state index contributed by atoms with van der Waals surface area (Å²) in [6.45, 7) is 3.67. The lowest BCUT2D eigenvalue weighted by Gasteiger charge is -2.22. The Morgan fingerprint density at radius 1 is 1.28 bits per heavy atom. The van der Waals surface area contributed by atoms with Gasteiger partial charge in [0, 0.05) is 27.4 Å². The number of nitrogens with zero attached hydrogens (tertiary/aromatic N) is 1. The largest absolute Gasteiger partial charge is 0.338 e. The van der Waals surface area contributed by atoms with Gasteiger partial charge in [0.2, 0.25) is 0 Å². The summed E-state index contributed by atoms with van der Waals surface area (Å²) in [5.74, 6) is 0.0797. The Balaban J connectivity index is 2.90. The Bertz CT molecular complexity index is 409. The molecular formula is C13H16Br3NO. The molecule has 0 aromatic heterocycles. The molecule has 0 fully saturated rings. The SMILES string of the molecule is CCCCN(CCBr)C(=O)c1cc(Br)ccc1Br. The van der Waals surface area contributed by atoms with E-state index in [0.717, 1.165) is 40.2 Å². The molecule has 0 spiro atoms. The molecule has 0 aliphatic rings. The van der Waals surface area contributed by atoms with Crippen molar-refractivity contribution in [3.8, 4) is 0 Å². The van der Waals surface area contributed by atoms with E-state index in [4.69, 9.17) is 0 Å². The summed E-state index contributed by atoms with van der Waals surface area (Å²) in [7, 11) is 0. The van der Waals surface area contributed by atoms with E-state index in [1.165, 1.54) is 0 Å². The molecule has 0 saturated heterocycles. The van der Waals surface area contributed by atoms with Gasteiger partial charge in [-0.1, -0.05) is 45.2 Å². The summed E-state index contributed by atoms with van der Waals surface area (Å²) >= 11 is 10.2. The molecule has 0 saturated carbocycles. The molecule has 0 aliphatic heterocycles. The molecule has 1 aromatic carbocycles. The summed E-state index contributed by atoms with van der Waals surface area (Å²) in [5, 5.41) is 0.800. The van der Waals surface area contributed by atoms with Crippen LogP contribution in [-0.2, 0) is 0 Å². The quantitative estimate of drug-likeness (QED) is 0.578. The van der Waals surface area contributed by atoms with E-state index in [0.29, 0.717) is 5.56 Å². The highest BCUT2D eigenvalue weighted by molar-refractivity contribution is 9.11. The molecule has 5 heteroatoms. The minimum absolute atomic E-state index is 0.0797. The van der Waals surface area contributed by atoms with Gasteiger partial charge in [0.1, 0.15) is 0 Å². The molecule has 0 N–H and O–H groups in total. The number of carbonyl (C=O) groups excluding carboxylic acids is 1. The van der Waals surface area contributed by atoms with Crippen molar-refractivity contribution in [2.45, 2.75) is 19.8 Å².